The molecule has 1 aromatic heterocycles. The summed E-state index contributed by atoms with van der Waals surface area (Å²) in [5.74, 6) is 1.13. The van der Waals surface area contributed by atoms with E-state index in [4.69, 9.17) is 13.9 Å². The van der Waals surface area contributed by atoms with Gasteiger partial charge in [-0.15, -0.1) is 0 Å². The van der Waals surface area contributed by atoms with Gasteiger partial charge in [-0.05, 0) is 63.2 Å². The van der Waals surface area contributed by atoms with Crippen molar-refractivity contribution >= 4 is 19.1 Å². The summed E-state index contributed by atoms with van der Waals surface area (Å²) >= 11 is 0. The molecule has 0 amide bonds. The van der Waals surface area contributed by atoms with E-state index in [-0.39, 0.29) is 21.1 Å². The quantitative estimate of drug-likeness (QED) is 0.286. The minimum atomic E-state index is -1.94. The van der Waals surface area contributed by atoms with Crippen LogP contribution in [0.15, 0.2) is 47.4 Å². The van der Waals surface area contributed by atoms with Crippen molar-refractivity contribution in [1.29, 1.82) is 0 Å². The Labute approximate surface area is 239 Å². The molecule has 8 heteroatoms. The first-order valence-corrected chi connectivity index (χ1v) is 18.4. The Hall–Kier alpha value is -1.74. The van der Waals surface area contributed by atoms with Crippen molar-refractivity contribution in [2.75, 3.05) is 25.6 Å². The fourth-order valence-corrected chi connectivity index (χ4v) is 6.84. The highest BCUT2D eigenvalue weighted by Crippen LogP contribution is 2.37. The van der Waals surface area contributed by atoms with Crippen LogP contribution < -0.4 is 10.2 Å². The number of aromatic nitrogens is 1. The smallest absolute Gasteiger partial charge is 0.223 e. The van der Waals surface area contributed by atoms with Crippen LogP contribution in [-0.2, 0) is 33.1 Å². The second-order valence-electron chi connectivity index (χ2n) is 13.2. The Kier molecular flexibility index (Phi) is 10.8. The highest BCUT2D eigenvalue weighted by molar-refractivity contribution is 7.86. The molecule has 1 aliphatic heterocycles. The molecule has 1 fully saturated rings. The molecule has 2 atom stereocenters. The summed E-state index contributed by atoms with van der Waals surface area (Å²) < 4.78 is 33.4. The summed E-state index contributed by atoms with van der Waals surface area (Å²) in [6.07, 6.45) is 3.64. The van der Waals surface area contributed by atoms with Gasteiger partial charge < -0.3 is 18.5 Å². The van der Waals surface area contributed by atoms with Crippen molar-refractivity contribution in [3.8, 4) is 5.75 Å². The maximum atomic E-state index is 13.4. The molecule has 0 spiro atoms. The minimum Gasteiger partial charge on any atom is -0.483 e. The maximum absolute atomic E-state index is 13.4. The zero-order valence-corrected chi connectivity index (χ0v) is 27.1. The van der Waals surface area contributed by atoms with Crippen LogP contribution in [0.5, 0.6) is 5.75 Å². The van der Waals surface area contributed by atoms with E-state index in [9.17, 15) is 9.00 Å². The van der Waals surface area contributed by atoms with Gasteiger partial charge in [0.25, 0.3) is 0 Å². The molecule has 0 bridgehead atoms. The van der Waals surface area contributed by atoms with Crippen LogP contribution in [0.2, 0.25) is 18.1 Å². The number of nitrogens with zero attached hydrogens (tertiary/aromatic N) is 1. The van der Waals surface area contributed by atoms with Crippen LogP contribution in [0.4, 0.5) is 0 Å². The average Bonchev–Trinajstić information content (AvgIpc) is 2.87. The van der Waals surface area contributed by atoms with E-state index in [2.05, 4.69) is 38.4 Å². The molecule has 1 aliphatic rings. The van der Waals surface area contributed by atoms with Gasteiger partial charge in [0.05, 0.1) is 12.8 Å². The topological polar surface area (TPSA) is 66.8 Å². The molecule has 2 aromatic rings. The number of pyridine rings is 1. The molecule has 2 unspecified atom stereocenters. The third-order valence-electron chi connectivity index (χ3n) is 8.19. The molecule has 1 aromatic carbocycles. The first kappa shape index (κ1) is 31.8. The van der Waals surface area contributed by atoms with Gasteiger partial charge in [-0.2, -0.15) is 0 Å². The highest BCUT2D eigenvalue weighted by Gasteiger charge is 2.37. The molecule has 0 saturated carbocycles. The van der Waals surface area contributed by atoms with Crippen molar-refractivity contribution in [3.63, 3.8) is 0 Å². The molecular formula is C31H49NO5SSi. The number of hydrogen-bond donors (Lipinski definition) is 0. The normalized spacial score (nSPS) is 17.1. The van der Waals surface area contributed by atoms with Crippen molar-refractivity contribution in [2.24, 2.45) is 5.92 Å². The molecule has 3 rings (SSSR count). The van der Waals surface area contributed by atoms with Gasteiger partial charge in [-0.25, -0.2) is 0 Å². The number of rotatable bonds is 11. The zero-order valence-electron chi connectivity index (χ0n) is 25.2. The van der Waals surface area contributed by atoms with Gasteiger partial charge in [0, 0.05) is 58.7 Å². The van der Waals surface area contributed by atoms with Gasteiger partial charge in [-0.3, -0.25) is 9.00 Å². The Bertz CT molecular complexity index is 1140. The molecular weight excluding hydrogens is 526 g/mol. The summed E-state index contributed by atoms with van der Waals surface area (Å²) in [5.41, 5.74) is 1.80. The van der Waals surface area contributed by atoms with E-state index < -0.39 is 19.1 Å². The third kappa shape index (κ3) is 8.87. The Morgan fingerprint density at radius 3 is 2.31 bits per heavy atom. The molecule has 218 valence electrons. The van der Waals surface area contributed by atoms with E-state index in [0.29, 0.717) is 50.4 Å². The molecule has 2 heterocycles. The Morgan fingerprint density at radius 1 is 1.08 bits per heavy atom. The van der Waals surface area contributed by atoms with Crippen molar-refractivity contribution in [3.05, 3.63) is 64.1 Å². The molecule has 39 heavy (non-hydrogen) atoms. The van der Waals surface area contributed by atoms with Gasteiger partial charge in [0.2, 0.25) is 5.43 Å². The first-order chi connectivity index (χ1) is 18.2. The van der Waals surface area contributed by atoms with E-state index in [0.717, 1.165) is 24.1 Å². The van der Waals surface area contributed by atoms with Crippen LogP contribution in [0.25, 0.3) is 0 Å². The summed E-state index contributed by atoms with van der Waals surface area (Å²) in [4.78, 5) is 13.4. The summed E-state index contributed by atoms with van der Waals surface area (Å²) in [7, 11) is -3.00. The van der Waals surface area contributed by atoms with E-state index in [1.165, 1.54) is 0 Å². The average molecular weight is 576 g/mol. The van der Waals surface area contributed by atoms with Crippen molar-refractivity contribution < 1.29 is 18.1 Å². The lowest BCUT2D eigenvalue weighted by molar-refractivity contribution is 0.0590. The number of ether oxygens (including phenoxy) is 2. The standard InChI is InChI=1S/C31H49NO5SSi/c1-30(2,3)38(34)23-26(25-14-17-35-18-15-25)27-20-28(33)29(36-22-24-12-10-9-11-13-24)21-32(27)16-19-37-39(7,8)31(4,5)6/h9-13,20-21,25-26H,14-19,22-23H2,1-8H3. The Balaban J connectivity index is 1.98. The van der Waals surface area contributed by atoms with E-state index in [1.54, 1.807) is 6.07 Å². The van der Waals surface area contributed by atoms with Crippen LogP contribution in [0.1, 0.15) is 71.6 Å². The van der Waals surface area contributed by atoms with Gasteiger partial charge in [0.1, 0.15) is 6.61 Å². The van der Waals surface area contributed by atoms with Crippen molar-refractivity contribution in [1.82, 2.24) is 4.57 Å². The second kappa shape index (κ2) is 13.3. The van der Waals surface area contributed by atoms with Gasteiger partial charge in [0.15, 0.2) is 14.1 Å². The maximum Gasteiger partial charge on any atom is 0.223 e. The van der Waals surface area contributed by atoms with Crippen molar-refractivity contribution in [2.45, 2.75) is 96.3 Å². The Morgan fingerprint density at radius 2 is 1.72 bits per heavy atom. The highest BCUT2D eigenvalue weighted by atomic mass is 32.2. The fourth-order valence-electron chi connectivity index (χ4n) is 4.54. The van der Waals surface area contributed by atoms with E-state index in [1.807, 2.05) is 57.3 Å². The summed E-state index contributed by atoms with van der Waals surface area (Å²) in [6.45, 7) is 20.1. The van der Waals surface area contributed by atoms with Gasteiger partial charge in [-0.1, -0.05) is 51.1 Å². The van der Waals surface area contributed by atoms with Crippen LogP contribution in [0, 0.1) is 5.92 Å². The lowest BCUT2D eigenvalue weighted by atomic mass is 9.84. The molecule has 0 aliphatic carbocycles. The minimum absolute atomic E-state index is 0.0160. The number of benzene rings is 1. The molecule has 0 radical (unpaired) electrons. The van der Waals surface area contributed by atoms with E-state index >= 15 is 0 Å². The van der Waals surface area contributed by atoms with Crippen LogP contribution in [-0.4, -0.2) is 47.4 Å². The SMILES string of the molecule is CC(C)(C)S(=O)CC(c1cc(=O)c(OCc2ccccc2)cn1CCO[Si](C)(C)C(C)(C)C)C1CCOCC1. The summed E-state index contributed by atoms with van der Waals surface area (Å²) in [5, 5.41) is 0.109. The number of hydrogen-bond acceptors (Lipinski definition) is 5. The predicted molar refractivity (Wildman–Crippen MR) is 164 cm³/mol. The predicted octanol–water partition coefficient (Wildman–Crippen LogP) is 6.51. The zero-order chi connectivity index (χ0) is 28.8. The molecule has 1 saturated heterocycles. The lowest BCUT2D eigenvalue weighted by Crippen LogP contribution is -2.41. The lowest BCUT2D eigenvalue weighted by Gasteiger charge is -2.37. The fraction of sp³-hybridized carbons (Fsp3) is 0.645. The molecule has 6 nitrogen and oxygen atoms in total. The van der Waals surface area contributed by atoms with Crippen LogP contribution >= 0.6 is 0 Å². The third-order valence-corrected chi connectivity index (χ3v) is 14.8. The van der Waals surface area contributed by atoms with Gasteiger partial charge >= 0.3 is 0 Å². The second-order valence-corrected chi connectivity index (χ2v) is 20.2. The summed E-state index contributed by atoms with van der Waals surface area (Å²) in [6, 6.07) is 11.6. The van der Waals surface area contributed by atoms with Crippen LogP contribution in [0.3, 0.4) is 0 Å². The monoisotopic (exact) mass is 575 g/mol. The first-order valence-electron chi connectivity index (χ1n) is 14.2. The molecule has 0 N–H and O–H groups in total. The largest absolute Gasteiger partial charge is 0.483 e.